The van der Waals surface area contributed by atoms with Crippen LogP contribution in [0.3, 0.4) is 0 Å². The molecule has 1 aliphatic heterocycles. The Balaban J connectivity index is 1.54. The van der Waals surface area contributed by atoms with Gasteiger partial charge in [0.1, 0.15) is 5.82 Å². The predicted molar refractivity (Wildman–Crippen MR) is 110 cm³/mol. The van der Waals surface area contributed by atoms with Crippen molar-refractivity contribution >= 4 is 23.6 Å². The molecule has 1 aromatic heterocycles. The van der Waals surface area contributed by atoms with Gasteiger partial charge in [0.2, 0.25) is 5.95 Å². The van der Waals surface area contributed by atoms with Gasteiger partial charge in [-0.2, -0.15) is 0 Å². The number of nitrogens with zero attached hydrogens (tertiary/aromatic N) is 3. The predicted octanol–water partition coefficient (Wildman–Crippen LogP) is 4.05. The largest absolute Gasteiger partial charge is 0.368 e. The van der Waals surface area contributed by atoms with E-state index < -0.39 is 0 Å². The summed E-state index contributed by atoms with van der Waals surface area (Å²) in [7, 11) is 0. The van der Waals surface area contributed by atoms with Crippen LogP contribution in [-0.4, -0.2) is 20.9 Å². The van der Waals surface area contributed by atoms with Crippen molar-refractivity contribution in [3.8, 4) is 11.3 Å². The number of anilines is 1. The number of fused-ring (bicyclic) bond motifs is 1. The standard InChI is InChI=1S/C21H19ClFN5O/c1-12-8-14(22)4-7-16(12)19-17-10-28(11-18(17)26-20(24)27-19)21(29)25-9-13-2-5-15(23)6-3-13/h2-8H,9-11H2,1H3,(H,25,29)(H2,24,26,27). The number of rotatable bonds is 3. The van der Waals surface area contributed by atoms with Gasteiger partial charge in [0.25, 0.3) is 0 Å². The van der Waals surface area contributed by atoms with Crippen molar-refractivity contribution in [1.29, 1.82) is 0 Å². The fourth-order valence-corrected chi connectivity index (χ4v) is 3.65. The van der Waals surface area contributed by atoms with Crippen molar-refractivity contribution in [2.24, 2.45) is 0 Å². The van der Waals surface area contributed by atoms with Gasteiger partial charge in [0.15, 0.2) is 0 Å². The lowest BCUT2D eigenvalue weighted by Gasteiger charge is -2.16. The van der Waals surface area contributed by atoms with Gasteiger partial charge in [0, 0.05) is 22.7 Å². The fraction of sp³-hybridized carbons (Fsp3) is 0.190. The van der Waals surface area contributed by atoms with E-state index in [1.165, 1.54) is 12.1 Å². The third-order valence-corrected chi connectivity index (χ3v) is 5.12. The smallest absolute Gasteiger partial charge is 0.318 e. The minimum absolute atomic E-state index is 0.168. The lowest BCUT2D eigenvalue weighted by Crippen LogP contribution is -2.36. The minimum atomic E-state index is -0.309. The van der Waals surface area contributed by atoms with Crippen molar-refractivity contribution in [3.63, 3.8) is 0 Å². The average Bonchev–Trinajstić information content (AvgIpc) is 3.11. The molecule has 0 spiro atoms. The first-order valence-electron chi connectivity index (χ1n) is 9.09. The number of carbonyl (C=O) groups excluding carboxylic acids is 1. The minimum Gasteiger partial charge on any atom is -0.368 e. The monoisotopic (exact) mass is 411 g/mol. The number of hydrogen-bond donors (Lipinski definition) is 2. The molecule has 6 nitrogen and oxygen atoms in total. The van der Waals surface area contributed by atoms with Crippen molar-refractivity contribution in [2.75, 3.05) is 5.73 Å². The van der Waals surface area contributed by atoms with E-state index in [1.54, 1.807) is 23.1 Å². The third kappa shape index (κ3) is 4.00. The molecule has 2 heterocycles. The molecule has 8 heteroatoms. The molecule has 29 heavy (non-hydrogen) atoms. The highest BCUT2D eigenvalue weighted by molar-refractivity contribution is 6.30. The van der Waals surface area contributed by atoms with Gasteiger partial charge in [0.05, 0.1) is 24.5 Å². The van der Waals surface area contributed by atoms with Crippen LogP contribution in [0.5, 0.6) is 0 Å². The van der Waals surface area contributed by atoms with E-state index in [9.17, 15) is 9.18 Å². The Morgan fingerprint density at radius 1 is 1.21 bits per heavy atom. The lowest BCUT2D eigenvalue weighted by atomic mass is 10.0. The van der Waals surface area contributed by atoms with Gasteiger partial charge in [-0.25, -0.2) is 19.2 Å². The first-order chi connectivity index (χ1) is 13.9. The molecule has 0 atom stereocenters. The molecular formula is C21H19ClFN5O. The Kier molecular flexibility index (Phi) is 5.07. The number of aromatic nitrogens is 2. The summed E-state index contributed by atoms with van der Waals surface area (Å²) in [6.45, 7) is 2.98. The summed E-state index contributed by atoms with van der Waals surface area (Å²) in [6, 6.07) is 11.4. The van der Waals surface area contributed by atoms with Gasteiger partial charge in [-0.3, -0.25) is 0 Å². The molecule has 3 aromatic rings. The first-order valence-corrected chi connectivity index (χ1v) is 9.47. The molecule has 148 valence electrons. The molecule has 0 saturated heterocycles. The zero-order valence-corrected chi connectivity index (χ0v) is 16.5. The van der Waals surface area contributed by atoms with Crippen LogP contribution in [0, 0.1) is 12.7 Å². The highest BCUT2D eigenvalue weighted by Gasteiger charge is 2.29. The number of amides is 2. The summed E-state index contributed by atoms with van der Waals surface area (Å²) in [5.41, 5.74) is 10.9. The Bertz CT molecular complexity index is 1090. The number of carbonyl (C=O) groups is 1. The van der Waals surface area contributed by atoms with Gasteiger partial charge in [-0.1, -0.05) is 29.8 Å². The molecule has 0 bridgehead atoms. The number of nitrogens with two attached hydrogens (primary N) is 1. The van der Waals surface area contributed by atoms with Gasteiger partial charge in [-0.05, 0) is 42.3 Å². The van der Waals surface area contributed by atoms with Crippen molar-refractivity contribution in [3.05, 3.63) is 75.7 Å². The molecule has 1 aliphatic rings. The SMILES string of the molecule is Cc1cc(Cl)ccc1-c1nc(N)nc2c1CN(C(=O)NCc1ccc(F)cc1)C2. The van der Waals surface area contributed by atoms with Crippen LogP contribution in [0.2, 0.25) is 5.02 Å². The van der Waals surface area contributed by atoms with Crippen LogP contribution in [-0.2, 0) is 19.6 Å². The number of urea groups is 1. The molecular weight excluding hydrogens is 393 g/mol. The summed E-state index contributed by atoms with van der Waals surface area (Å²) < 4.78 is 13.0. The zero-order valence-electron chi connectivity index (χ0n) is 15.7. The average molecular weight is 412 g/mol. The summed E-state index contributed by atoms with van der Waals surface area (Å²) in [5.74, 6) is -0.141. The van der Waals surface area contributed by atoms with Crippen molar-refractivity contribution in [1.82, 2.24) is 20.2 Å². The van der Waals surface area contributed by atoms with Crippen molar-refractivity contribution < 1.29 is 9.18 Å². The second-order valence-electron chi connectivity index (χ2n) is 6.96. The van der Waals surface area contributed by atoms with Crippen LogP contribution in [0.15, 0.2) is 42.5 Å². The number of halogens is 2. The topological polar surface area (TPSA) is 84.1 Å². The fourth-order valence-electron chi connectivity index (χ4n) is 3.42. The van der Waals surface area contributed by atoms with E-state index in [4.69, 9.17) is 17.3 Å². The number of nitrogens with one attached hydrogen (secondary N) is 1. The first kappa shape index (κ1) is 19.1. The quantitative estimate of drug-likeness (QED) is 0.680. The maximum Gasteiger partial charge on any atom is 0.318 e. The van der Waals surface area contributed by atoms with Crippen molar-refractivity contribution in [2.45, 2.75) is 26.6 Å². The van der Waals surface area contributed by atoms with E-state index in [0.717, 1.165) is 33.6 Å². The molecule has 4 rings (SSSR count). The van der Waals surface area contributed by atoms with Gasteiger partial charge in [-0.15, -0.1) is 0 Å². The molecule has 0 radical (unpaired) electrons. The maximum atomic E-state index is 13.0. The highest BCUT2D eigenvalue weighted by Crippen LogP contribution is 2.33. The van der Waals surface area contributed by atoms with Gasteiger partial charge < -0.3 is 16.0 Å². The van der Waals surface area contributed by atoms with Crippen LogP contribution in [0.4, 0.5) is 15.1 Å². The van der Waals surface area contributed by atoms with Crippen LogP contribution < -0.4 is 11.1 Å². The molecule has 0 unspecified atom stereocenters. The van der Waals surface area contributed by atoms with E-state index >= 15 is 0 Å². The Hall–Kier alpha value is -3.19. The molecule has 0 fully saturated rings. The summed E-state index contributed by atoms with van der Waals surface area (Å²) in [6.07, 6.45) is 0. The van der Waals surface area contributed by atoms with Gasteiger partial charge >= 0.3 is 6.03 Å². The second kappa shape index (κ2) is 7.67. The van der Waals surface area contributed by atoms with E-state index in [2.05, 4.69) is 15.3 Å². The summed E-state index contributed by atoms with van der Waals surface area (Å²) >= 11 is 6.07. The molecule has 2 amide bonds. The maximum absolute atomic E-state index is 13.0. The second-order valence-corrected chi connectivity index (χ2v) is 7.39. The van der Waals surface area contributed by atoms with Crippen LogP contribution in [0.25, 0.3) is 11.3 Å². The number of aryl methyl sites for hydroxylation is 1. The Morgan fingerprint density at radius 2 is 1.97 bits per heavy atom. The summed E-state index contributed by atoms with van der Waals surface area (Å²) in [5, 5.41) is 3.50. The number of benzene rings is 2. The van der Waals surface area contributed by atoms with E-state index in [0.29, 0.717) is 24.7 Å². The van der Waals surface area contributed by atoms with E-state index in [-0.39, 0.29) is 17.8 Å². The Labute approximate surface area is 172 Å². The molecule has 0 saturated carbocycles. The Morgan fingerprint density at radius 3 is 2.69 bits per heavy atom. The van der Waals surface area contributed by atoms with Crippen LogP contribution in [0.1, 0.15) is 22.4 Å². The number of hydrogen-bond acceptors (Lipinski definition) is 4. The summed E-state index contributed by atoms with van der Waals surface area (Å²) in [4.78, 5) is 23.0. The lowest BCUT2D eigenvalue weighted by molar-refractivity contribution is 0.198. The third-order valence-electron chi connectivity index (χ3n) is 4.89. The highest BCUT2D eigenvalue weighted by atomic mass is 35.5. The van der Waals surface area contributed by atoms with E-state index in [1.807, 2.05) is 19.1 Å². The molecule has 0 aliphatic carbocycles. The zero-order chi connectivity index (χ0) is 20.5. The molecule has 3 N–H and O–H groups in total. The molecule has 2 aromatic carbocycles. The normalized spacial score (nSPS) is 12.7. The van der Waals surface area contributed by atoms with Crippen LogP contribution >= 0.6 is 11.6 Å². The number of nitrogen functional groups attached to an aromatic ring is 1.